The number of piperidine rings is 1. The highest BCUT2D eigenvalue weighted by atomic mass is 32.2. The van der Waals surface area contributed by atoms with Crippen molar-refractivity contribution in [1.29, 1.82) is 0 Å². The molecule has 0 bridgehead atoms. The molecule has 0 saturated carbocycles. The maximum Gasteiger partial charge on any atom is 0.239 e. The monoisotopic (exact) mass is 274 g/mol. The molecule has 2 saturated heterocycles. The van der Waals surface area contributed by atoms with Crippen molar-refractivity contribution in [3.05, 3.63) is 0 Å². The molecular formula is C12H22N2O3S. The van der Waals surface area contributed by atoms with E-state index in [1.165, 1.54) is 0 Å². The Kier molecular flexibility index (Phi) is 4.27. The minimum Gasteiger partial charge on any atom is -0.337 e. The number of likely N-dealkylation sites (tertiary alicyclic amines) is 1. The number of carbonyl (C=O) groups is 1. The van der Waals surface area contributed by atoms with Gasteiger partial charge in [-0.05, 0) is 32.2 Å². The van der Waals surface area contributed by atoms with Crippen molar-refractivity contribution in [2.75, 3.05) is 24.6 Å². The van der Waals surface area contributed by atoms with Gasteiger partial charge in [-0.1, -0.05) is 6.92 Å². The van der Waals surface area contributed by atoms with Crippen LogP contribution in [0.2, 0.25) is 0 Å². The molecule has 2 unspecified atom stereocenters. The molecular weight excluding hydrogens is 252 g/mol. The van der Waals surface area contributed by atoms with Gasteiger partial charge in [-0.15, -0.1) is 0 Å². The highest BCUT2D eigenvalue weighted by molar-refractivity contribution is 7.91. The first-order valence-corrected chi connectivity index (χ1v) is 8.60. The number of carbonyl (C=O) groups excluding carboxylic acids is 1. The Morgan fingerprint density at radius 3 is 2.78 bits per heavy atom. The summed E-state index contributed by atoms with van der Waals surface area (Å²) in [6, 6.07) is -0.217. The second-order valence-corrected chi connectivity index (χ2v) is 7.42. The Balaban J connectivity index is 2.05. The van der Waals surface area contributed by atoms with Crippen LogP contribution in [0.1, 0.15) is 32.6 Å². The molecule has 0 aromatic heterocycles. The average Bonchev–Trinajstić information content (AvgIpc) is 2.31. The zero-order chi connectivity index (χ0) is 13.2. The lowest BCUT2D eigenvalue weighted by Gasteiger charge is -2.39. The Bertz CT molecular complexity index is 406. The van der Waals surface area contributed by atoms with E-state index in [0.717, 1.165) is 25.8 Å². The summed E-state index contributed by atoms with van der Waals surface area (Å²) in [5.41, 5.74) is 0. The summed E-state index contributed by atoms with van der Waals surface area (Å²) >= 11 is 0. The summed E-state index contributed by atoms with van der Waals surface area (Å²) in [6.45, 7) is 3.46. The van der Waals surface area contributed by atoms with E-state index in [-0.39, 0.29) is 29.5 Å². The Labute approximate surface area is 109 Å². The molecule has 2 fully saturated rings. The van der Waals surface area contributed by atoms with Crippen molar-refractivity contribution in [1.82, 2.24) is 10.2 Å². The Morgan fingerprint density at radius 1 is 1.33 bits per heavy atom. The van der Waals surface area contributed by atoms with Crippen LogP contribution in [0.5, 0.6) is 0 Å². The fourth-order valence-corrected chi connectivity index (χ4v) is 4.65. The van der Waals surface area contributed by atoms with Crippen molar-refractivity contribution in [2.45, 2.75) is 44.7 Å². The van der Waals surface area contributed by atoms with Crippen LogP contribution in [0.4, 0.5) is 0 Å². The quantitative estimate of drug-likeness (QED) is 0.796. The molecule has 2 aliphatic rings. The molecule has 2 heterocycles. The number of amides is 1. The normalized spacial score (nSPS) is 32.5. The minimum atomic E-state index is -2.95. The maximum absolute atomic E-state index is 12.3. The predicted octanol–water partition coefficient (Wildman–Crippen LogP) is 0.164. The van der Waals surface area contributed by atoms with Crippen molar-refractivity contribution in [3.63, 3.8) is 0 Å². The van der Waals surface area contributed by atoms with Gasteiger partial charge < -0.3 is 10.2 Å². The standard InChI is InChI=1S/C12H22N2O3S/c1-2-13-11-6-3-7-14(12(11)15)10-5-4-8-18(16,17)9-10/h10-11,13H,2-9H2,1H3. The van der Waals surface area contributed by atoms with Crippen LogP contribution in [-0.4, -0.2) is 55.9 Å². The molecule has 0 aliphatic carbocycles. The minimum absolute atomic E-state index is 0.0881. The summed E-state index contributed by atoms with van der Waals surface area (Å²) in [5.74, 6) is 0.518. The van der Waals surface area contributed by atoms with Gasteiger partial charge in [-0.2, -0.15) is 0 Å². The number of likely N-dealkylation sites (N-methyl/N-ethyl adjacent to an activating group) is 1. The second-order valence-electron chi connectivity index (χ2n) is 5.19. The van der Waals surface area contributed by atoms with E-state index in [2.05, 4.69) is 5.32 Å². The Hall–Kier alpha value is -0.620. The van der Waals surface area contributed by atoms with E-state index in [9.17, 15) is 13.2 Å². The lowest BCUT2D eigenvalue weighted by Crippen LogP contribution is -2.56. The number of hydrogen-bond acceptors (Lipinski definition) is 4. The van der Waals surface area contributed by atoms with E-state index in [0.29, 0.717) is 13.0 Å². The van der Waals surface area contributed by atoms with Gasteiger partial charge in [-0.3, -0.25) is 4.79 Å². The first-order valence-electron chi connectivity index (χ1n) is 6.78. The molecule has 1 amide bonds. The third-order valence-electron chi connectivity index (χ3n) is 3.80. The van der Waals surface area contributed by atoms with Crippen LogP contribution in [0.3, 0.4) is 0 Å². The molecule has 6 heteroatoms. The zero-order valence-electron chi connectivity index (χ0n) is 10.9. The van der Waals surface area contributed by atoms with Crippen molar-refractivity contribution < 1.29 is 13.2 Å². The van der Waals surface area contributed by atoms with Crippen LogP contribution in [0.15, 0.2) is 0 Å². The lowest BCUT2D eigenvalue weighted by atomic mass is 10.0. The average molecular weight is 274 g/mol. The summed E-state index contributed by atoms with van der Waals surface area (Å²) in [4.78, 5) is 14.1. The Morgan fingerprint density at radius 2 is 2.11 bits per heavy atom. The molecule has 5 nitrogen and oxygen atoms in total. The van der Waals surface area contributed by atoms with Crippen molar-refractivity contribution in [2.24, 2.45) is 0 Å². The topological polar surface area (TPSA) is 66.5 Å². The number of sulfone groups is 1. The molecule has 0 spiro atoms. The third kappa shape index (κ3) is 3.03. The highest BCUT2D eigenvalue weighted by Crippen LogP contribution is 2.22. The van der Waals surface area contributed by atoms with Gasteiger partial charge in [-0.25, -0.2) is 8.42 Å². The highest BCUT2D eigenvalue weighted by Gasteiger charge is 2.36. The van der Waals surface area contributed by atoms with Gasteiger partial charge in [0.25, 0.3) is 0 Å². The van der Waals surface area contributed by atoms with Gasteiger partial charge in [0, 0.05) is 12.6 Å². The molecule has 1 N–H and O–H groups in total. The summed E-state index contributed by atoms with van der Waals surface area (Å²) in [5, 5.41) is 3.18. The van der Waals surface area contributed by atoms with Gasteiger partial charge in [0.1, 0.15) is 0 Å². The van der Waals surface area contributed by atoms with Crippen LogP contribution in [0.25, 0.3) is 0 Å². The molecule has 2 atom stereocenters. The van der Waals surface area contributed by atoms with Crippen molar-refractivity contribution in [3.8, 4) is 0 Å². The van der Waals surface area contributed by atoms with E-state index in [1.54, 1.807) is 4.90 Å². The van der Waals surface area contributed by atoms with Gasteiger partial charge in [0.05, 0.1) is 17.5 Å². The van der Waals surface area contributed by atoms with Crippen molar-refractivity contribution >= 4 is 15.7 Å². The molecule has 18 heavy (non-hydrogen) atoms. The smallest absolute Gasteiger partial charge is 0.239 e. The van der Waals surface area contributed by atoms with E-state index >= 15 is 0 Å². The molecule has 0 radical (unpaired) electrons. The zero-order valence-corrected chi connectivity index (χ0v) is 11.7. The first kappa shape index (κ1) is 13.8. The van der Waals surface area contributed by atoms with Gasteiger partial charge >= 0.3 is 0 Å². The molecule has 2 aliphatic heterocycles. The maximum atomic E-state index is 12.3. The van der Waals surface area contributed by atoms with E-state index < -0.39 is 9.84 Å². The summed E-state index contributed by atoms with van der Waals surface area (Å²) in [7, 11) is -2.95. The number of rotatable bonds is 3. The van der Waals surface area contributed by atoms with Crippen LogP contribution < -0.4 is 5.32 Å². The largest absolute Gasteiger partial charge is 0.337 e. The third-order valence-corrected chi connectivity index (χ3v) is 5.61. The van der Waals surface area contributed by atoms with E-state index in [1.807, 2.05) is 6.92 Å². The fraction of sp³-hybridized carbons (Fsp3) is 0.917. The van der Waals surface area contributed by atoms with Crippen LogP contribution in [-0.2, 0) is 14.6 Å². The first-order chi connectivity index (χ1) is 8.53. The fourth-order valence-electron chi connectivity index (χ4n) is 2.94. The summed E-state index contributed by atoms with van der Waals surface area (Å²) in [6.07, 6.45) is 3.33. The number of nitrogens with one attached hydrogen (secondary N) is 1. The number of hydrogen-bond donors (Lipinski definition) is 1. The van der Waals surface area contributed by atoms with Crippen LogP contribution in [0, 0.1) is 0 Å². The van der Waals surface area contributed by atoms with Crippen LogP contribution >= 0.6 is 0 Å². The van der Waals surface area contributed by atoms with E-state index in [4.69, 9.17) is 0 Å². The molecule has 104 valence electrons. The predicted molar refractivity (Wildman–Crippen MR) is 70.1 cm³/mol. The molecule has 2 rings (SSSR count). The lowest BCUT2D eigenvalue weighted by molar-refractivity contribution is -0.138. The number of nitrogens with zero attached hydrogens (tertiary/aromatic N) is 1. The van der Waals surface area contributed by atoms with Gasteiger partial charge in [0.2, 0.25) is 5.91 Å². The second kappa shape index (κ2) is 5.57. The summed E-state index contributed by atoms with van der Waals surface area (Å²) < 4.78 is 23.3. The molecule has 0 aromatic rings. The van der Waals surface area contributed by atoms with Gasteiger partial charge in [0.15, 0.2) is 9.84 Å². The molecule has 0 aromatic carbocycles. The SMILES string of the molecule is CCNC1CCCN(C2CCCS(=O)(=O)C2)C1=O.